The standard InChI is InChI=1S/C60H111NO5/c1-4-7-10-13-16-19-22-25-28-31-34-37-40-43-46-49-52-58(63)57(55-62)61-59(64)54-56(51-48-45-42-39-36-33-30-27-24-21-18-15-12-9-6-3)66-60(65)53-50-47-44-41-38-35-32-29-26-23-20-17-14-11-8-5-2/h8,11,17,20,26-27,29-30,56-58,62-63H,4-7,9-10,12-16,18-19,21-25,28,31-55H2,1-3H3,(H,61,64)/b11-8+,20-17+,29-26+,30-27+. The highest BCUT2D eigenvalue weighted by Crippen LogP contribution is 2.18. The Balaban J connectivity index is 4.56. The van der Waals surface area contributed by atoms with Gasteiger partial charge in [0.15, 0.2) is 0 Å². The van der Waals surface area contributed by atoms with E-state index in [4.69, 9.17) is 4.74 Å². The van der Waals surface area contributed by atoms with Crippen LogP contribution < -0.4 is 5.32 Å². The molecule has 0 heterocycles. The number of nitrogens with one attached hydrogen (secondary N) is 1. The van der Waals surface area contributed by atoms with Crippen molar-refractivity contribution in [1.82, 2.24) is 5.32 Å². The van der Waals surface area contributed by atoms with E-state index >= 15 is 0 Å². The van der Waals surface area contributed by atoms with Gasteiger partial charge in [0.1, 0.15) is 6.10 Å². The van der Waals surface area contributed by atoms with Crippen molar-refractivity contribution in [3.8, 4) is 0 Å². The van der Waals surface area contributed by atoms with Crippen molar-refractivity contribution in [2.75, 3.05) is 6.61 Å². The van der Waals surface area contributed by atoms with Gasteiger partial charge in [0.25, 0.3) is 0 Å². The minimum Gasteiger partial charge on any atom is -0.462 e. The van der Waals surface area contributed by atoms with E-state index in [1.54, 1.807) is 0 Å². The Hall–Kier alpha value is -2.18. The smallest absolute Gasteiger partial charge is 0.306 e. The van der Waals surface area contributed by atoms with Gasteiger partial charge in [-0.1, -0.05) is 249 Å². The number of hydrogen-bond acceptors (Lipinski definition) is 5. The van der Waals surface area contributed by atoms with E-state index < -0.39 is 18.2 Å². The SMILES string of the molecule is CC/C=C/C/C=C/C/C=C/CCCCCCCCC(=O)OC(CCCCCCC/C=C/CCCCCCCC)CC(=O)NC(CO)C(O)CCCCCCCCCCCCCCCCCC. The highest BCUT2D eigenvalue weighted by molar-refractivity contribution is 5.77. The van der Waals surface area contributed by atoms with Crippen LogP contribution in [0.2, 0.25) is 0 Å². The quantitative estimate of drug-likeness (QED) is 0.0321. The molecule has 0 aromatic heterocycles. The lowest BCUT2D eigenvalue weighted by Gasteiger charge is -2.24. The Morgan fingerprint density at radius 3 is 1.26 bits per heavy atom. The number of amides is 1. The van der Waals surface area contributed by atoms with Gasteiger partial charge < -0.3 is 20.3 Å². The minimum atomic E-state index is -0.793. The molecule has 0 saturated heterocycles. The Morgan fingerprint density at radius 1 is 0.455 bits per heavy atom. The number of ether oxygens (including phenoxy) is 1. The zero-order valence-corrected chi connectivity index (χ0v) is 44.1. The van der Waals surface area contributed by atoms with Gasteiger partial charge in [-0.3, -0.25) is 9.59 Å². The maximum absolute atomic E-state index is 13.3. The third-order valence-electron chi connectivity index (χ3n) is 13.1. The van der Waals surface area contributed by atoms with Crippen LogP contribution in [-0.4, -0.2) is 46.9 Å². The van der Waals surface area contributed by atoms with E-state index in [0.717, 1.165) is 89.9 Å². The number of carbonyl (C=O) groups is 2. The van der Waals surface area contributed by atoms with Crippen LogP contribution in [0.25, 0.3) is 0 Å². The second kappa shape index (κ2) is 53.8. The first kappa shape index (κ1) is 63.8. The van der Waals surface area contributed by atoms with Crippen LogP contribution in [0.3, 0.4) is 0 Å². The molecule has 0 aromatic rings. The summed E-state index contributed by atoms with van der Waals surface area (Å²) in [5.74, 6) is -0.486. The van der Waals surface area contributed by atoms with E-state index in [0.29, 0.717) is 19.3 Å². The molecule has 1 amide bonds. The summed E-state index contributed by atoms with van der Waals surface area (Å²) in [5, 5.41) is 23.9. The van der Waals surface area contributed by atoms with Gasteiger partial charge >= 0.3 is 5.97 Å². The van der Waals surface area contributed by atoms with Crippen LogP contribution in [0.1, 0.15) is 297 Å². The van der Waals surface area contributed by atoms with E-state index in [1.807, 2.05) is 0 Å². The van der Waals surface area contributed by atoms with Gasteiger partial charge in [-0.2, -0.15) is 0 Å². The van der Waals surface area contributed by atoms with Gasteiger partial charge in [0.2, 0.25) is 5.91 Å². The number of aliphatic hydroxyl groups is 2. The summed E-state index contributed by atoms with van der Waals surface area (Å²) in [6.45, 7) is 6.39. The molecule has 0 rings (SSSR count). The van der Waals surface area contributed by atoms with Gasteiger partial charge in [-0.25, -0.2) is 0 Å². The topological polar surface area (TPSA) is 95.9 Å². The molecule has 386 valence electrons. The molecule has 0 fully saturated rings. The van der Waals surface area contributed by atoms with Crippen LogP contribution in [0.15, 0.2) is 48.6 Å². The molecule has 3 N–H and O–H groups in total. The van der Waals surface area contributed by atoms with Crippen molar-refractivity contribution >= 4 is 11.9 Å². The summed E-state index contributed by atoms with van der Waals surface area (Å²) in [6.07, 6.45) is 66.0. The van der Waals surface area contributed by atoms with Crippen LogP contribution in [0, 0.1) is 0 Å². The molecule has 0 aromatic carbocycles. The molecule has 3 atom stereocenters. The van der Waals surface area contributed by atoms with Crippen molar-refractivity contribution < 1.29 is 24.5 Å². The summed E-state index contributed by atoms with van der Waals surface area (Å²) in [7, 11) is 0. The fraction of sp³-hybridized carbons (Fsp3) is 0.833. The fourth-order valence-electron chi connectivity index (χ4n) is 8.79. The fourth-order valence-corrected chi connectivity index (χ4v) is 8.79. The molecule has 6 heteroatoms. The largest absolute Gasteiger partial charge is 0.462 e. The lowest BCUT2D eigenvalue weighted by Crippen LogP contribution is -2.46. The first-order valence-electron chi connectivity index (χ1n) is 28.9. The summed E-state index contributed by atoms with van der Waals surface area (Å²) in [6, 6.07) is -0.707. The second-order valence-corrected chi connectivity index (χ2v) is 19.7. The van der Waals surface area contributed by atoms with Gasteiger partial charge in [0, 0.05) is 6.42 Å². The van der Waals surface area contributed by atoms with E-state index in [9.17, 15) is 19.8 Å². The van der Waals surface area contributed by atoms with Crippen molar-refractivity contribution in [1.29, 1.82) is 0 Å². The molecule has 6 nitrogen and oxygen atoms in total. The molecule has 0 spiro atoms. The summed E-state index contributed by atoms with van der Waals surface area (Å²) in [5.41, 5.74) is 0. The first-order chi connectivity index (χ1) is 32.5. The molecule has 0 aliphatic carbocycles. The Kier molecular flexibility index (Phi) is 52.0. The van der Waals surface area contributed by atoms with Crippen LogP contribution >= 0.6 is 0 Å². The number of allylic oxidation sites excluding steroid dienone is 8. The van der Waals surface area contributed by atoms with Crippen molar-refractivity contribution in [3.05, 3.63) is 48.6 Å². The van der Waals surface area contributed by atoms with Crippen LogP contribution in [0.5, 0.6) is 0 Å². The highest BCUT2D eigenvalue weighted by atomic mass is 16.5. The van der Waals surface area contributed by atoms with Crippen molar-refractivity contribution in [2.45, 2.75) is 315 Å². The first-order valence-corrected chi connectivity index (χ1v) is 28.9. The summed E-state index contributed by atoms with van der Waals surface area (Å²) < 4.78 is 5.95. The third kappa shape index (κ3) is 48.3. The maximum Gasteiger partial charge on any atom is 0.306 e. The highest BCUT2D eigenvalue weighted by Gasteiger charge is 2.24. The third-order valence-corrected chi connectivity index (χ3v) is 13.1. The Bertz CT molecular complexity index is 1130. The van der Waals surface area contributed by atoms with Crippen LogP contribution in [0.4, 0.5) is 0 Å². The monoisotopic (exact) mass is 926 g/mol. The zero-order chi connectivity index (χ0) is 48.1. The number of rotatable bonds is 52. The molecule has 0 radical (unpaired) electrons. The summed E-state index contributed by atoms with van der Waals surface area (Å²) in [4.78, 5) is 26.3. The zero-order valence-electron chi connectivity index (χ0n) is 44.1. The van der Waals surface area contributed by atoms with E-state index in [1.165, 1.54) is 161 Å². The maximum atomic E-state index is 13.3. The van der Waals surface area contributed by atoms with E-state index in [2.05, 4.69) is 74.7 Å². The van der Waals surface area contributed by atoms with Crippen molar-refractivity contribution in [2.24, 2.45) is 0 Å². The molecule has 0 aliphatic heterocycles. The molecule has 0 bridgehead atoms. The minimum absolute atomic E-state index is 0.0679. The summed E-state index contributed by atoms with van der Waals surface area (Å²) >= 11 is 0. The predicted molar refractivity (Wildman–Crippen MR) is 287 cm³/mol. The second-order valence-electron chi connectivity index (χ2n) is 19.7. The van der Waals surface area contributed by atoms with Gasteiger partial charge in [-0.15, -0.1) is 0 Å². The van der Waals surface area contributed by atoms with Gasteiger partial charge in [0.05, 0.1) is 25.2 Å². The molecule has 66 heavy (non-hydrogen) atoms. The molecular formula is C60H111NO5. The lowest BCUT2D eigenvalue weighted by atomic mass is 10.0. The Morgan fingerprint density at radius 2 is 0.818 bits per heavy atom. The number of esters is 1. The van der Waals surface area contributed by atoms with E-state index in [-0.39, 0.29) is 24.9 Å². The molecule has 0 aliphatic rings. The lowest BCUT2D eigenvalue weighted by molar-refractivity contribution is -0.151. The Labute approximate surface area is 410 Å². The molecule has 0 saturated carbocycles. The number of carbonyl (C=O) groups excluding carboxylic acids is 2. The predicted octanol–water partition coefficient (Wildman–Crippen LogP) is 17.8. The van der Waals surface area contributed by atoms with Crippen molar-refractivity contribution in [3.63, 3.8) is 0 Å². The number of aliphatic hydroxyl groups excluding tert-OH is 2. The molecular weight excluding hydrogens is 815 g/mol. The molecule has 3 unspecified atom stereocenters. The average Bonchev–Trinajstić information content (AvgIpc) is 3.31. The van der Waals surface area contributed by atoms with Crippen LogP contribution in [-0.2, 0) is 14.3 Å². The number of hydrogen-bond donors (Lipinski definition) is 3. The average molecular weight is 927 g/mol. The number of unbranched alkanes of at least 4 members (excludes halogenated alkanes) is 32. The normalized spacial score (nSPS) is 13.5. The van der Waals surface area contributed by atoms with Gasteiger partial charge in [-0.05, 0) is 83.5 Å².